The number of benzene rings is 1. The first-order valence-electron chi connectivity index (χ1n) is 7.85. The molecule has 0 amide bonds. The van der Waals surface area contributed by atoms with Crippen LogP contribution in [0.1, 0.15) is 39.2 Å². The highest BCUT2D eigenvalue weighted by Gasteiger charge is 2.06. The fourth-order valence-corrected chi connectivity index (χ4v) is 2.73. The zero-order valence-corrected chi connectivity index (χ0v) is 13.3. The molecule has 0 radical (unpaired) electrons. The Kier molecular flexibility index (Phi) is 5.24. The standard InChI is InChI=1S/C18H28N2/c1-14(2)9-10-16(4)19-11-12-20-13-15(3)17-7-5-6-8-18(17)20/h5-8,13-14,16,19H,9-12H2,1-4H3. The van der Waals surface area contributed by atoms with E-state index in [0.29, 0.717) is 6.04 Å². The molecule has 2 nitrogen and oxygen atoms in total. The molecule has 0 bridgehead atoms. The second-order valence-electron chi connectivity index (χ2n) is 6.35. The maximum atomic E-state index is 3.64. The number of rotatable bonds is 7. The molecule has 110 valence electrons. The van der Waals surface area contributed by atoms with E-state index in [9.17, 15) is 0 Å². The van der Waals surface area contributed by atoms with Crippen molar-refractivity contribution in [2.24, 2.45) is 5.92 Å². The van der Waals surface area contributed by atoms with Crippen molar-refractivity contribution >= 4 is 10.9 Å². The highest BCUT2D eigenvalue weighted by atomic mass is 15.0. The smallest absolute Gasteiger partial charge is 0.0483 e. The summed E-state index contributed by atoms with van der Waals surface area (Å²) >= 11 is 0. The molecule has 0 aliphatic rings. The summed E-state index contributed by atoms with van der Waals surface area (Å²) in [7, 11) is 0. The minimum absolute atomic E-state index is 0.611. The molecular weight excluding hydrogens is 244 g/mol. The lowest BCUT2D eigenvalue weighted by molar-refractivity contribution is 0.443. The quantitative estimate of drug-likeness (QED) is 0.792. The molecule has 1 unspecified atom stereocenters. The lowest BCUT2D eigenvalue weighted by Crippen LogP contribution is -2.29. The topological polar surface area (TPSA) is 17.0 Å². The molecule has 0 aliphatic heterocycles. The van der Waals surface area contributed by atoms with Crippen molar-refractivity contribution in [3.63, 3.8) is 0 Å². The number of hydrogen-bond acceptors (Lipinski definition) is 1. The van der Waals surface area contributed by atoms with Gasteiger partial charge in [0.25, 0.3) is 0 Å². The van der Waals surface area contributed by atoms with Gasteiger partial charge in [0.15, 0.2) is 0 Å². The lowest BCUT2D eigenvalue weighted by atomic mass is 10.0. The third kappa shape index (κ3) is 3.86. The van der Waals surface area contributed by atoms with Crippen LogP contribution in [0, 0.1) is 12.8 Å². The summed E-state index contributed by atoms with van der Waals surface area (Å²) in [5, 5.41) is 5.01. The Morgan fingerprint density at radius 2 is 1.85 bits per heavy atom. The number of nitrogens with one attached hydrogen (secondary N) is 1. The summed E-state index contributed by atoms with van der Waals surface area (Å²) in [6.07, 6.45) is 4.84. The van der Waals surface area contributed by atoms with Crippen molar-refractivity contribution in [2.75, 3.05) is 6.54 Å². The van der Waals surface area contributed by atoms with Crippen LogP contribution in [0.4, 0.5) is 0 Å². The molecule has 0 saturated heterocycles. The number of fused-ring (bicyclic) bond motifs is 1. The Bertz CT molecular complexity index is 539. The second-order valence-corrected chi connectivity index (χ2v) is 6.35. The van der Waals surface area contributed by atoms with Crippen LogP contribution in [0.25, 0.3) is 10.9 Å². The molecule has 1 N–H and O–H groups in total. The average molecular weight is 272 g/mol. The third-order valence-electron chi connectivity index (χ3n) is 4.01. The first-order valence-corrected chi connectivity index (χ1v) is 7.85. The normalized spacial score (nSPS) is 13.2. The maximum absolute atomic E-state index is 3.64. The molecule has 0 fully saturated rings. The van der Waals surface area contributed by atoms with E-state index in [4.69, 9.17) is 0 Å². The summed E-state index contributed by atoms with van der Waals surface area (Å²) in [4.78, 5) is 0. The molecule has 0 saturated carbocycles. The maximum Gasteiger partial charge on any atom is 0.0483 e. The van der Waals surface area contributed by atoms with Crippen molar-refractivity contribution in [3.05, 3.63) is 36.0 Å². The van der Waals surface area contributed by atoms with Crippen molar-refractivity contribution in [1.29, 1.82) is 0 Å². The number of aryl methyl sites for hydroxylation is 1. The fraction of sp³-hybridized carbons (Fsp3) is 0.556. The van der Waals surface area contributed by atoms with Gasteiger partial charge in [0.1, 0.15) is 0 Å². The number of hydrogen-bond donors (Lipinski definition) is 1. The van der Waals surface area contributed by atoms with Gasteiger partial charge in [0, 0.05) is 36.2 Å². The van der Waals surface area contributed by atoms with Gasteiger partial charge < -0.3 is 9.88 Å². The Hall–Kier alpha value is -1.28. The van der Waals surface area contributed by atoms with Crippen LogP contribution in [0.2, 0.25) is 0 Å². The van der Waals surface area contributed by atoms with E-state index in [0.717, 1.165) is 19.0 Å². The molecule has 1 heterocycles. The zero-order chi connectivity index (χ0) is 14.5. The fourth-order valence-electron chi connectivity index (χ4n) is 2.73. The van der Waals surface area contributed by atoms with Gasteiger partial charge in [-0.15, -0.1) is 0 Å². The molecule has 1 atom stereocenters. The van der Waals surface area contributed by atoms with E-state index in [1.807, 2.05) is 0 Å². The van der Waals surface area contributed by atoms with E-state index in [1.165, 1.54) is 29.3 Å². The number of aromatic nitrogens is 1. The molecule has 2 rings (SSSR count). The van der Waals surface area contributed by atoms with Gasteiger partial charge >= 0.3 is 0 Å². The van der Waals surface area contributed by atoms with Gasteiger partial charge in [-0.05, 0) is 44.2 Å². The van der Waals surface area contributed by atoms with Crippen LogP contribution in [-0.2, 0) is 6.54 Å². The van der Waals surface area contributed by atoms with Crippen LogP contribution in [0.5, 0.6) is 0 Å². The van der Waals surface area contributed by atoms with Crippen molar-refractivity contribution in [3.8, 4) is 0 Å². The van der Waals surface area contributed by atoms with Gasteiger partial charge in [-0.1, -0.05) is 32.0 Å². The predicted molar refractivity (Wildman–Crippen MR) is 88.2 cm³/mol. The van der Waals surface area contributed by atoms with E-state index in [2.05, 4.69) is 68.0 Å². The first-order chi connectivity index (χ1) is 9.58. The molecule has 0 spiro atoms. The predicted octanol–water partition coefficient (Wildman–Crippen LogP) is 4.36. The van der Waals surface area contributed by atoms with E-state index in [1.54, 1.807) is 0 Å². The average Bonchev–Trinajstić information content (AvgIpc) is 2.74. The molecule has 20 heavy (non-hydrogen) atoms. The minimum Gasteiger partial charge on any atom is -0.346 e. The van der Waals surface area contributed by atoms with Gasteiger partial charge in [-0.25, -0.2) is 0 Å². The second kappa shape index (κ2) is 6.94. The molecule has 1 aromatic heterocycles. The Morgan fingerprint density at radius 1 is 1.10 bits per heavy atom. The molecule has 2 aromatic rings. The van der Waals surface area contributed by atoms with Crippen molar-refractivity contribution in [2.45, 2.75) is 53.1 Å². The monoisotopic (exact) mass is 272 g/mol. The van der Waals surface area contributed by atoms with Gasteiger partial charge in [-0.2, -0.15) is 0 Å². The van der Waals surface area contributed by atoms with Crippen LogP contribution in [-0.4, -0.2) is 17.2 Å². The molecule has 2 heteroatoms. The molecule has 0 aliphatic carbocycles. The van der Waals surface area contributed by atoms with Crippen molar-refractivity contribution < 1.29 is 0 Å². The summed E-state index contributed by atoms with van der Waals surface area (Å²) < 4.78 is 2.37. The Morgan fingerprint density at radius 3 is 2.60 bits per heavy atom. The first kappa shape index (κ1) is 15.1. The van der Waals surface area contributed by atoms with Gasteiger partial charge in [0.2, 0.25) is 0 Å². The van der Waals surface area contributed by atoms with Crippen LogP contribution < -0.4 is 5.32 Å². The zero-order valence-electron chi connectivity index (χ0n) is 13.3. The van der Waals surface area contributed by atoms with Crippen molar-refractivity contribution in [1.82, 2.24) is 9.88 Å². The minimum atomic E-state index is 0.611. The van der Waals surface area contributed by atoms with Crippen LogP contribution >= 0.6 is 0 Å². The van der Waals surface area contributed by atoms with Gasteiger partial charge in [0.05, 0.1) is 0 Å². The lowest BCUT2D eigenvalue weighted by Gasteiger charge is -2.15. The van der Waals surface area contributed by atoms with Crippen LogP contribution in [0.15, 0.2) is 30.5 Å². The summed E-state index contributed by atoms with van der Waals surface area (Å²) in [6.45, 7) is 11.2. The number of para-hydroxylation sites is 1. The van der Waals surface area contributed by atoms with E-state index < -0.39 is 0 Å². The summed E-state index contributed by atoms with van der Waals surface area (Å²) in [5.74, 6) is 0.801. The van der Waals surface area contributed by atoms with E-state index >= 15 is 0 Å². The summed E-state index contributed by atoms with van der Waals surface area (Å²) in [5.41, 5.74) is 2.72. The highest BCUT2D eigenvalue weighted by Crippen LogP contribution is 2.19. The molecular formula is C18H28N2. The van der Waals surface area contributed by atoms with E-state index in [-0.39, 0.29) is 0 Å². The Balaban J connectivity index is 1.87. The number of nitrogens with zero attached hydrogens (tertiary/aromatic N) is 1. The van der Waals surface area contributed by atoms with Gasteiger partial charge in [-0.3, -0.25) is 0 Å². The third-order valence-corrected chi connectivity index (χ3v) is 4.01. The summed E-state index contributed by atoms with van der Waals surface area (Å²) in [6, 6.07) is 9.27. The molecule has 1 aromatic carbocycles. The van der Waals surface area contributed by atoms with Crippen LogP contribution in [0.3, 0.4) is 0 Å². The Labute approximate surface area is 123 Å². The SMILES string of the molecule is Cc1cn(CCNC(C)CCC(C)C)c2ccccc12. The largest absolute Gasteiger partial charge is 0.346 e. The highest BCUT2D eigenvalue weighted by molar-refractivity contribution is 5.83.